The van der Waals surface area contributed by atoms with Crippen molar-refractivity contribution < 1.29 is 14.3 Å². The van der Waals surface area contributed by atoms with E-state index < -0.39 is 0 Å². The van der Waals surface area contributed by atoms with Gasteiger partial charge in [0.25, 0.3) is 5.91 Å². The van der Waals surface area contributed by atoms with Crippen LogP contribution >= 0.6 is 11.6 Å². The number of amides is 2. The van der Waals surface area contributed by atoms with Crippen LogP contribution in [0.1, 0.15) is 47.8 Å². The molecule has 168 valence electrons. The molecule has 2 heterocycles. The highest BCUT2D eigenvalue weighted by atomic mass is 35.5. The summed E-state index contributed by atoms with van der Waals surface area (Å²) in [5.74, 6) is 3.13. The molecule has 1 atom stereocenters. The third-order valence-electron chi connectivity index (χ3n) is 6.30. The fourth-order valence-electron chi connectivity index (χ4n) is 4.49. The summed E-state index contributed by atoms with van der Waals surface area (Å²) in [6.07, 6.45) is 9.46. The van der Waals surface area contributed by atoms with E-state index in [0.29, 0.717) is 44.3 Å². The molecule has 1 aromatic heterocycles. The Morgan fingerprint density at radius 1 is 1.25 bits per heavy atom. The van der Waals surface area contributed by atoms with Gasteiger partial charge in [-0.25, -0.2) is 4.79 Å². The van der Waals surface area contributed by atoms with Crippen molar-refractivity contribution in [1.29, 1.82) is 0 Å². The number of carbonyl (C=O) groups excluding carboxylic acids is 2. The van der Waals surface area contributed by atoms with E-state index in [1.54, 1.807) is 9.80 Å². The number of piperazine rings is 1. The highest BCUT2D eigenvalue weighted by Crippen LogP contribution is 2.35. The van der Waals surface area contributed by atoms with Crippen LogP contribution in [0.25, 0.3) is 10.9 Å². The minimum absolute atomic E-state index is 0.0608. The van der Waals surface area contributed by atoms with Crippen molar-refractivity contribution in [2.75, 3.05) is 32.8 Å². The Balaban J connectivity index is 1.50. The number of aromatic nitrogens is 1. The number of hydrogen-bond donors (Lipinski definition) is 0. The molecule has 0 bridgehead atoms. The number of benzene rings is 1. The van der Waals surface area contributed by atoms with E-state index in [4.69, 9.17) is 27.7 Å². The molecule has 0 saturated carbocycles. The molecule has 4 rings (SSSR count). The Bertz CT molecular complexity index is 1070. The predicted octanol–water partition coefficient (Wildman–Crippen LogP) is 4.32. The number of hydrogen-bond acceptors (Lipinski definition) is 4. The average Bonchev–Trinajstić information content (AvgIpc) is 2.82. The van der Waals surface area contributed by atoms with Crippen molar-refractivity contribution in [2.24, 2.45) is 5.92 Å². The Kier molecular flexibility index (Phi) is 6.86. The number of halogens is 1. The van der Waals surface area contributed by atoms with Crippen molar-refractivity contribution in [3.63, 3.8) is 0 Å². The predicted molar refractivity (Wildman–Crippen MR) is 125 cm³/mol. The van der Waals surface area contributed by atoms with Crippen molar-refractivity contribution >= 4 is 34.5 Å². The first-order chi connectivity index (χ1) is 15.5. The third-order valence-corrected chi connectivity index (χ3v) is 6.73. The molecule has 2 amide bonds. The topological polar surface area (TPSA) is 62.7 Å². The largest absolute Gasteiger partial charge is 0.449 e. The number of carbonyl (C=O) groups is 2. The molecule has 7 heteroatoms. The first kappa shape index (κ1) is 22.4. The molecule has 1 aliphatic heterocycles. The Morgan fingerprint density at radius 3 is 2.72 bits per heavy atom. The lowest BCUT2D eigenvalue weighted by atomic mass is 9.84. The lowest BCUT2D eigenvalue weighted by Gasteiger charge is -2.34. The minimum Gasteiger partial charge on any atom is -0.449 e. The van der Waals surface area contributed by atoms with E-state index in [2.05, 4.69) is 5.92 Å². The number of rotatable bonds is 4. The number of nitrogens with zero attached hydrogens (tertiary/aromatic N) is 3. The Hall–Kier alpha value is -2.78. The van der Waals surface area contributed by atoms with Crippen LogP contribution in [0.2, 0.25) is 5.02 Å². The highest BCUT2D eigenvalue weighted by Gasteiger charge is 2.27. The van der Waals surface area contributed by atoms with E-state index >= 15 is 0 Å². The molecule has 0 spiro atoms. The smallest absolute Gasteiger partial charge is 0.409 e. The zero-order chi connectivity index (χ0) is 22.7. The zero-order valence-corrected chi connectivity index (χ0v) is 19.2. The standard InChI is InChI=1S/C25H28ClN3O3/c1-3-5-17-6-8-19-21(15-17)27-22-16-18(7-9-20(22)23(19)26)24(30)28-10-12-29(13-11-28)25(31)32-14-4-2/h1,7,9,16-17H,4-6,8,10-15H2,2H3. The van der Waals surface area contributed by atoms with Gasteiger partial charge in [-0.3, -0.25) is 9.78 Å². The van der Waals surface area contributed by atoms with Gasteiger partial charge in [0.2, 0.25) is 0 Å². The van der Waals surface area contributed by atoms with E-state index in [9.17, 15) is 9.59 Å². The summed E-state index contributed by atoms with van der Waals surface area (Å²) in [6, 6.07) is 5.54. The molecule has 2 aromatic rings. The quantitative estimate of drug-likeness (QED) is 0.647. The van der Waals surface area contributed by atoms with Gasteiger partial charge in [0.15, 0.2) is 0 Å². The maximum atomic E-state index is 13.1. The average molecular weight is 454 g/mol. The van der Waals surface area contributed by atoms with Crippen molar-refractivity contribution in [2.45, 2.75) is 39.0 Å². The van der Waals surface area contributed by atoms with Crippen LogP contribution in [0.3, 0.4) is 0 Å². The fraction of sp³-hybridized carbons (Fsp3) is 0.480. The van der Waals surface area contributed by atoms with Crippen LogP contribution < -0.4 is 0 Å². The number of terminal acetylenes is 1. The molecule has 1 aromatic carbocycles. The van der Waals surface area contributed by atoms with Gasteiger partial charge in [-0.05, 0) is 49.3 Å². The van der Waals surface area contributed by atoms with Crippen LogP contribution in [-0.2, 0) is 17.6 Å². The van der Waals surface area contributed by atoms with Crippen LogP contribution in [0.15, 0.2) is 18.2 Å². The molecular weight excluding hydrogens is 426 g/mol. The molecule has 1 saturated heterocycles. The summed E-state index contributed by atoms with van der Waals surface area (Å²) in [4.78, 5) is 33.4. The van der Waals surface area contributed by atoms with Crippen molar-refractivity contribution in [3.8, 4) is 12.3 Å². The first-order valence-corrected chi connectivity index (χ1v) is 11.6. The van der Waals surface area contributed by atoms with E-state index in [1.165, 1.54) is 0 Å². The lowest BCUT2D eigenvalue weighted by molar-refractivity contribution is 0.0560. The van der Waals surface area contributed by atoms with Gasteiger partial charge < -0.3 is 14.5 Å². The summed E-state index contributed by atoms with van der Waals surface area (Å²) < 4.78 is 5.19. The Labute approximate surface area is 193 Å². The molecular formula is C25H28ClN3O3. The summed E-state index contributed by atoms with van der Waals surface area (Å²) in [5, 5.41) is 1.61. The van der Waals surface area contributed by atoms with Gasteiger partial charge >= 0.3 is 6.09 Å². The van der Waals surface area contributed by atoms with Crippen molar-refractivity contribution in [1.82, 2.24) is 14.8 Å². The van der Waals surface area contributed by atoms with Gasteiger partial charge in [-0.1, -0.05) is 24.6 Å². The molecule has 6 nitrogen and oxygen atoms in total. The van der Waals surface area contributed by atoms with Gasteiger partial charge in [-0.15, -0.1) is 12.3 Å². The monoisotopic (exact) mass is 453 g/mol. The first-order valence-electron chi connectivity index (χ1n) is 11.3. The van der Waals surface area contributed by atoms with Crippen LogP contribution in [-0.4, -0.2) is 59.6 Å². The van der Waals surface area contributed by atoms with Crippen LogP contribution in [0.4, 0.5) is 4.79 Å². The van der Waals surface area contributed by atoms with Gasteiger partial charge in [0.1, 0.15) is 0 Å². The molecule has 1 unspecified atom stereocenters. The SMILES string of the molecule is C#CCC1CCc2c(nc3cc(C(=O)N4CCN(C(=O)OCCC)CC4)ccc3c2Cl)C1. The second kappa shape index (κ2) is 9.79. The Morgan fingerprint density at radius 2 is 2.00 bits per heavy atom. The summed E-state index contributed by atoms with van der Waals surface area (Å²) in [5.41, 5.74) is 3.43. The van der Waals surface area contributed by atoms with E-state index in [1.807, 2.05) is 25.1 Å². The van der Waals surface area contributed by atoms with Crippen molar-refractivity contribution in [3.05, 3.63) is 40.0 Å². The number of ether oxygens (including phenoxy) is 1. The van der Waals surface area contributed by atoms with Crippen LogP contribution in [0, 0.1) is 18.3 Å². The van der Waals surface area contributed by atoms with Gasteiger partial charge in [-0.2, -0.15) is 0 Å². The zero-order valence-electron chi connectivity index (χ0n) is 18.4. The molecule has 0 radical (unpaired) electrons. The molecule has 32 heavy (non-hydrogen) atoms. The fourth-order valence-corrected chi connectivity index (χ4v) is 4.85. The molecule has 2 aliphatic rings. The second-order valence-electron chi connectivity index (χ2n) is 8.49. The van der Waals surface area contributed by atoms with Gasteiger partial charge in [0.05, 0.1) is 17.1 Å². The molecule has 1 fully saturated rings. The summed E-state index contributed by atoms with van der Waals surface area (Å²) in [7, 11) is 0. The molecule has 0 N–H and O–H groups in total. The number of fused-ring (bicyclic) bond motifs is 2. The maximum absolute atomic E-state index is 13.1. The van der Waals surface area contributed by atoms with Gasteiger partial charge in [0, 0.05) is 49.2 Å². The minimum atomic E-state index is -0.309. The highest BCUT2D eigenvalue weighted by molar-refractivity contribution is 6.36. The normalized spacial score (nSPS) is 18.2. The lowest BCUT2D eigenvalue weighted by Crippen LogP contribution is -2.50. The summed E-state index contributed by atoms with van der Waals surface area (Å²) >= 11 is 6.72. The number of pyridine rings is 1. The third kappa shape index (κ3) is 4.54. The second-order valence-corrected chi connectivity index (χ2v) is 8.87. The van der Waals surface area contributed by atoms with Crippen LogP contribution in [0.5, 0.6) is 0 Å². The maximum Gasteiger partial charge on any atom is 0.409 e. The summed E-state index contributed by atoms with van der Waals surface area (Å²) in [6.45, 7) is 4.26. The molecule has 1 aliphatic carbocycles. The van der Waals surface area contributed by atoms with E-state index in [0.717, 1.165) is 59.3 Å². The van der Waals surface area contributed by atoms with E-state index in [-0.39, 0.29) is 12.0 Å².